The summed E-state index contributed by atoms with van der Waals surface area (Å²) in [6.45, 7) is 3.94. The molecule has 1 aromatic rings. The van der Waals surface area contributed by atoms with Crippen LogP contribution in [0.5, 0.6) is 0 Å². The summed E-state index contributed by atoms with van der Waals surface area (Å²) >= 11 is 0. The molecule has 1 aromatic heterocycles. The van der Waals surface area contributed by atoms with Crippen molar-refractivity contribution in [1.82, 2.24) is 4.98 Å². The van der Waals surface area contributed by atoms with Gasteiger partial charge in [0.1, 0.15) is 0 Å². The minimum Gasteiger partial charge on any atom is -0.261 e. The van der Waals surface area contributed by atoms with E-state index in [1.165, 1.54) is 6.20 Å². The molecule has 0 atom stereocenters. The normalized spacial score (nSPS) is 18.9. The zero-order valence-corrected chi connectivity index (χ0v) is 9.30. The predicted octanol–water partition coefficient (Wildman–Crippen LogP) is 3.80. The summed E-state index contributed by atoms with van der Waals surface area (Å²) in [5, 5.41) is 0. The van der Waals surface area contributed by atoms with Gasteiger partial charge in [0.15, 0.2) is 0 Å². The second kappa shape index (κ2) is 3.47. The van der Waals surface area contributed by atoms with E-state index in [1.54, 1.807) is 12.1 Å². The SMILES string of the molecule is CC(C)c1ccc(C2(C(F)(F)F)CC2)cn1. The first kappa shape index (κ1) is 11.4. The molecule has 0 aliphatic heterocycles. The molecule has 1 aliphatic carbocycles. The topological polar surface area (TPSA) is 12.9 Å². The quantitative estimate of drug-likeness (QED) is 0.751. The Morgan fingerprint density at radius 3 is 2.19 bits per heavy atom. The third kappa shape index (κ3) is 1.70. The maximum Gasteiger partial charge on any atom is 0.398 e. The number of hydrogen-bond acceptors (Lipinski definition) is 1. The number of aromatic nitrogens is 1. The summed E-state index contributed by atoms with van der Waals surface area (Å²) in [6.07, 6.45) is -2.37. The Bertz CT molecular complexity index is 374. The van der Waals surface area contributed by atoms with Gasteiger partial charge < -0.3 is 0 Å². The van der Waals surface area contributed by atoms with Gasteiger partial charge in [-0.05, 0) is 30.4 Å². The lowest BCUT2D eigenvalue weighted by Gasteiger charge is -2.19. The first-order valence-corrected chi connectivity index (χ1v) is 5.40. The van der Waals surface area contributed by atoms with Gasteiger partial charge in [-0.1, -0.05) is 19.9 Å². The van der Waals surface area contributed by atoms with Gasteiger partial charge in [-0.2, -0.15) is 13.2 Å². The molecule has 2 rings (SSSR count). The minimum absolute atomic E-state index is 0.194. The van der Waals surface area contributed by atoms with E-state index in [-0.39, 0.29) is 18.8 Å². The summed E-state index contributed by atoms with van der Waals surface area (Å²) in [7, 11) is 0. The van der Waals surface area contributed by atoms with Crippen LogP contribution in [0.2, 0.25) is 0 Å². The molecule has 1 nitrogen and oxygen atoms in total. The minimum atomic E-state index is -4.14. The molecular weight excluding hydrogens is 215 g/mol. The first-order chi connectivity index (χ1) is 7.37. The van der Waals surface area contributed by atoms with E-state index in [1.807, 2.05) is 13.8 Å². The van der Waals surface area contributed by atoms with Crippen molar-refractivity contribution in [3.05, 3.63) is 29.6 Å². The second-order valence-corrected chi connectivity index (χ2v) is 4.71. The highest BCUT2D eigenvalue weighted by Gasteiger charge is 2.64. The molecule has 1 heterocycles. The lowest BCUT2D eigenvalue weighted by atomic mass is 9.96. The van der Waals surface area contributed by atoms with Gasteiger partial charge in [-0.15, -0.1) is 0 Å². The molecule has 0 saturated heterocycles. The van der Waals surface area contributed by atoms with Gasteiger partial charge in [0.25, 0.3) is 0 Å². The Labute approximate surface area is 92.7 Å². The van der Waals surface area contributed by atoms with E-state index in [0.29, 0.717) is 5.56 Å². The average Bonchev–Trinajstić information content (AvgIpc) is 2.97. The van der Waals surface area contributed by atoms with Crippen molar-refractivity contribution in [2.75, 3.05) is 0 Å². The molecule has 0 spiro atoms. The smallest absolute Gasteiger partial charge is 0.261 e. The van der Waals surface area contributed by atoms with Crippen molar-refractivity contribution in [3.63, 3.8) is 0 Å². The van der Waals surface area contributed by atoms with Gasteiger partial charge in [0.05, 0.1) is 5.41 Å². The van der Waals surface area contributed by atoms with Crippen LogP contribution in [0.1, 0.15) is 43.9 Å². The van der Waals surface area contributed by atoms with E-state index in [4.69, 9.17) is 0 Å². The number of nitrogens with zero attached hydrogens (tertiary/aromatic N) is 1. The summed E-state index contributed by atoms with van der Waals surface area (Å²) < 4.78 is 38.4. The Kier molecular flexibility index (Phi) is 2.48. The largest absolute Gasteiger partial charge is 0.398 e. The highest BCUT2D eigenvalue weighted by molar-refractivity contribution is 5.32. The molecule has 1 saturated carbocycles. The fraction of sp³-hybridized carbons (Fsp3) is 0.583. The molecule has 1 fully saturated rings. The van der Waals surface area contributed by atoms with Crippen molar-refractivity contribution in [3.8, 4) is 0 Å². The molecule has 0 aromatic carbocycles. The van der Waals surface area contributed by atoms with Crippen molar-refractivity contribution in [2.45, 2.75) is 44.2 Å². The van der Waals surface area contributed by atoms with Crippen LogP contribution in [0.3, 0.4) is 0 Å². The van der Waals surface area contributed by atoms with Crippen LogP contribution >= 0.6 is 0 Å². The highest BCUT2D eigenvalue weighted by atomic mass is 19.4. The lowest BCUT2D eigenvalue weighted by molar-refractivity contribution is -0.160. The van der Waals surface area contributed by atoms with E-state index in [0.717, 1.165) is 5.69 Å². The van der Waals surface area contributed by atoms with Crippen molar-refractivity contribution >= 4 is 0 Å². The van der Waals surface area contributed by atoms with Gasteiger partial charge in [0, 0.05) is 11.9 Å². The number of pyridine rings is 1. The molecule has 0 unspecified atom stereocenters. The standard InChI is InChI=1S/C12H14F3N/c1-8(2)10-4-3-9(7-16-10)11(5-6-11)12(13,14)15/h3-4,7-8H,5-6H2,1-2H3. The van der Waals surface area contributed by atoms with Crippen molar-refractivity contribution in [2.24, 2.45) is 0 Å². The molecule has 0 N–H and O–H groups in total. The Hall–Kier alpha value is -1.06. The van der Waals surface area contributed by atoms with Gasteiger partial charge in [-0.25, -0.2) is 0 Å². The first-order valence-electron chi connectivity index (χ1n) is 5.40. The monoisotopic (exact) mass is 229 g/mol. The fourth-order valence-corrected chi connectivity index (χ4v) is 1.89. The van der Waals surface area contributed by atoms with E-state index < -0.39 is 11.6 Å². The summed E-state index contributed by atoms with van der Waals surface area (Å²) in [5.74, 6) is 0.245. The third-order valence-corrected chi connectivity index (χ3v) is 3.22. The highest BCUT2D eigenvalue weighted by Crippen LogP contribution is 2.58. The van der Waals surface area contributed by atoms with Crippen LogP contribution in [-0.4, -0.2) is 11.2 Å². The Morgan fingerprint density at radius 1 is 1.25 bits per heavy atom. The number of halogens is 3. The zero-order valence-electron chi connectivity index (χ0n) is 9.30. The molecule has 1 aliphatic rings. The van der Waals surface area contributed by atoms with E-state index >= 15 is 0 Å². The second-order valence-electron chi connectivity index (χ2n) is 4.71. The van der Waals surface area contributed by atoms with Crippen LogP contribution < -0.4 is 0 Å². The van der Waals surface area contributed by atoms with Crippen LogP contribution in [0.25, 0.3) is 0 Å². The fourth-order valence-electron chi connectivity index (χ4n) is 1.89. The van der Waals surface area contributed by atoms with Crippen molar-refractivity contribution < 1.29 is 13.2 Å². The Balaban J connectivity index is 2.29. The summed E-state index contributed by atoms with van der Waals surface area (Å²) in [6, 6.07) is 3.27. The molecular formula is C12H14F3N. The maximum atomic E-state index is 12.8. The lowest BCUT2D eigenvalue weighted by Crippen LogP contribution is -2.28. The summed E-state index contributed by atoms with van der Waals surface area (Å²) in [4.78, 5) is 4.10. The zero-order chi connectivity index (χ0) is 12.0. The van der Waals surface area contributed by atoms with E-state index in [9.17, 15) is 13.2 Å². The molecule has 88 valence electrons. The van der Waals surface area contributed by atoms with Crippen LogP contribution in [0, 0.1) is 0 Å². The average molecular weight is 229 g/mol. The van der Waals surface area contributed by atoms with Crippen LogP contribution in [0.4, 0.5) is 13.2 Å². The molecule has 0 radical (unpaired) electrons. The van der Waals surface area contributed by atoms with Crippen LogP contribution in [-0.2, 0) is 5.41 Å². The molecule has 0 amide bonds. The number of rotatable bonds is 2. The van der Waals surface area contributed by atoms with Crippen LogP contribution in [0.15, 0.2) is 18.3 Å². The molecule has 4 heteroatoms. The number of hydrogen-bond donors (Lipinski definition) is 0. The number of alkyl halides is 3. The summed E-state index contributed by atoms with van der Waals surface area (Å²) in [5.41, 5.74) is -0.457. The van der Waals surface area contributed by atoms with Gasteiger partial charge >= 0.3 is 6.18 Å². The molecule has 16 heavy (non-hydrogen) atoms. The van der Waals surface area contributed by atoms with Gasteiger partial charge in [0.2, 0.25) is 0 Å². The van der Waals surface area contributed by atoms with E-state index in [2.05, 4.69) is 4.98 Å². The van der Waals surface area contributed by atoms with Crippen molar-refractivity contribution in [1.29, 1.82) is 0 Å². The maximum absolute atomic E-state index is 12.8. The molecule has 0 bridgehead atoms. The van der Waals surface area contributed by atoms with Gasteiger partial charge in [-0.3, -0.25) is 4.98 Å². The third-order valence-electron chi connectivity index (χ3n) is 3.22. The predicted molar refractivity (Wildman–Crippen MR) is 55.3 cm³/mol. The Morgan fingerprint density at radius 2 is 1.88 bits per heavy atom.